The molecule has 172 valence electrons. The average molecular weight is 427 g/mol. The Morgan fingerprint density at radius 1 is 1.00 bits per heavy atom. The molecule has 5 unspecified atom stereocenters. The maximum Gasteiger partial charge on any atom is 0.196 e. The summed E-state index contributed by atoms with van der Waals surface area (Å²) in [5, 5.41) is 10.8. The molecule has 3 aliphatic carbocycles. The molecule has 3 heterocycles. The predicted octanol–water partition coefficient (Wildman–Crippen LogP) is 5.88. The van der Waals surface area contributed by atoms with Crippen molar-refractivity contribution in [1.82, 2.24) is 0 Å². The van der Waals surface area contributed by atoms with E-state index >= 15 is 0 Å². The van der Waals surface area contributed by atoms with Gasteiger partial charge < -0.3 is 14.6 Å². The van der Waals surface area contributed by atoms with Crippen LogP contribution in [0.2, 0.25) is 0 Å². The highest BCUT2D eigenvalue weighted by molar-refractivity contribution is 5.40. The minimum absolute atomic E-state index is 0.0225. The lowest BCUT2D eigenvalue weighted by Gasteiger charge is -2.55. The summed E-state index contributed by atoms with van der Waals surface area (Å²) >= 11 is 0. The Labute approximate surface area is 188 Å². The number of aliphatic hydroxyl groups is 1. The smallest absolute Gasteiger partial charge is 0.196 e. The maximum absolute atomic E-state index is 10.8. The van der Waals surface area contributed by atoms with E-state index in [0.29, 0.717) is 41.4 Å². The topological polar surface area (TPSA) is 42.0 Å². The summed E-state index contributed by atoms with van der Waals surface area (Å²) in [5.74, 6) is 2.90. The lowest BCUT2D eigenvalue weighted by Crippen LogP contribution is -2.57. The quantitative estimate of drug-likeness (QED) is 0.451. The fourth-order valence-corrected chi connectivity index (χ4v) is 9.24. The molecule has 11 atom stereocenters. The molecule has 6 rings (SSSR count). The van der Waals surface area contributed by atoms with Crippen molar-refractivity contribution >= 4 is 0 Å². The summed E-state index contributed by atoms with van der Waals surface area (Å²) in [6.07, 6.45) is 16.5. The second kappa shape index (κ2) is 6.07. The summed E-state index contributed by atoms with van der Waals surface area (Å²) in [6, 6.07) is 0. The van der Waals surface area contributed by atoms with Crippen LogP contribution in [0.1, 0.15) is 80.1 Å². The van der Waals surface area contributed by atoms with Crippen molar-refractivity contribution in [2.24, 2.45) is 46.3 Å². The minimum atomic E-state index is -0.934. The third-order valence-electron chi connectivity index (χ3n) is 11.5. The maximum atomic E-state index is 10.8. The van der Waals surface area contributed by atoms with Crippen LogP contribution in [-0.2, 0) is 9.47 Å². The van der Waals surface area contributed by atoms with Gasteiger partial charge in [-0.15, -0.1) is 0 Å². The lowest BCUT2D eigenvalue weighted by molar-refractivity contribution is -0.149. The largest absolute Gasteiger partial charge is 0.363 e. The van der Waals surface area contributed by atoms with E-state index in [1.54, 1.807) is 0 Å². The third-order valence-corrected chi connectivity index (χ3v) is 11.5. The molecule has 0 aromatic rings. The first-order valence-electron chi connectivity index (χ1n) is 13.0. The van der Waals surface area contributed by atoms with E-state index < -0.39 is 5.79 Å². The highest BCUT2D eigenvalue weighted by Gasteiger charge is 2.82. The van der Waals surface area contributed by atoms with Gasteiger partial charge in [0.25, 0.3) is 0 Å². The van der Waals surface area contributed by atoms with E-state index in [-0.39, 0.29) is 22.7 Å². The molecule has 5 fully saturated rings. The van der Waals surface area contributed by atoms with Crippen LogP contribution in [-0.4, -0.2) is 28.2 Å². The molecule has 6 aliphatic rings. The Morgan fingerprint density at radius 2 is 1.77 bits per heavy atom. The van der Waals surface area contributed by atoms with Crippen molar-refractivity contribution in [2.45, 2.75) is 103 Å². The monoisotopic (exact) mass is 426 g/mol. The van der Waals surface area contributed by atoms with Gasteiger partial charge in [0.2, 0.25) is 0 Å². The minimum Gasteiger partial charge on any atom is -0.363 e. The molecular formula is C28H42O3. The van der Waals surface area contributed by atoms with Gasteiger partial charge >= 0.3 is 0 Å². The molecule has 0 radical (unpaired) electrons. The lowest BCUT2D eigenvalue weighted by atomic mass is 9.46. The van der Waals surface area contributed by atoms with Crippen LogP contribution in [0, 0.1) is 46.3 Å². The Hall–Kier alpha value is -0.640. The average Bonchev–Trinajstić information content (AvgIpc) is 2.99. The van der Waals surface area contributed by atoms with E-state index in [9.17, 15) is 5.11 Å². The summed E-state index contributed by atoms with van der Waals surface area (Å²) in [7, 11) is 0. The number of hydrogen-bond donors (Lipinski definition) is 1. The second-order valence-electron chi connectivity index (χ2n) is 13.1. The molecule has 3 saturated carbocycles. The Morgan fingerprint density at radius 3 is 2.52 bits per heavy atom. The van der Waals surface area contributed by atoms with Crippen molar-refractivity contribution in [3.8, 4) is 0 Å². The number of rotatable bonds is 4. The molecule has 0 amide bonds. The molecule has 2 bridgehead atoms. The van der Waals surface area contributed by atoms with Gasteiger partial charge in [-0.25, -0.2) is 0 Å². The van der Waals surface area contributed by atoms with Gasteiger partial charge in [0.15, 0.2) is 5.79 Å². The van der Waals surface area contributed by atoms with Crippen LogP contribution >= 0.6 is 0 Å². The van der Waals surface area contributed by atoms with Crippen molar-refractivity contribution in [3.05, 3.63) is 24.3 Å². The highest BCUT2D eigenvalue weighted by atomic mass is 16.7. The fraction of sp³-hybridized carbons (Fsp3) is 0.857. The molecular weight excluding hydrogens is 384 g/mol. The molecule has 3 nitrogen and oxygen atoms in total. The zero-order valence-electron chi connectivity index (χ0n) is 20.4. The second-order valence-corrected chi connectivity index (χ2v) is 13.1. The van der Waals surface area contributed by atoms with Gasteiger partial charge in [-0.05, 0) is 67.1 Å². The first-order valence-corrected chi connectivity index (χ1v) is 13.0. The molecule has 0 aromatic carbocycles. The third kappa shape index (κ3) is 2.42. The Kier molecular flexibility index (Phi) is 4.10. The zero-order valence-corrected chi connectivity index (χ0v) is 20.4. The van der Waals surface area contributed by atoms with E-state index in [2.05, 4.69) is 65.8 Å². The summed E-state index contributed by atoms with van der Waals surface area (Å²) in [4.78, 5) is 0. The van der Waals surface area contributed by atoms with Crippen LogP contribution in [0.25, 0.3) is 0 Å². The first-order chi connectivity index (χ1) is 14.5. The van der Waals surface area contributed by atoms with Crippen LogP contribution in [0.15, 0.2) is 24.3 Å². The molecule has 0 aromatic heterocycles. The van der Waals surface area contributed by atoms with Gasteiger partial charge in [-0.3, -0.25) is 0 Å². The number of fused-ring (bicyclic) bond motifs is 3. The molecule has 3 aliphatic heterocycles. The van der Waals surface area contributed by atoms with E-state index in [1.807, 2.05) is 0 Å². The Bertz CT molecular complexity index is 847. The van der Waals surface area contributed by atoms with Gasteiger partial charge in [0, 0.05) is 17.8 Å². The van der Waals surface area contributed by atoms with E-state index in [4.69, 9.17) is 9.47 Å². The van der Waals surface area contributed by atoms with Crippen molar-refractivity contribution in [2.75, 3.05) is 0 Å². The van der Waals surface area contributed by atoms with Crippen LogP contribution < -0.4 is 0 Å². The number of allylic oxidation sites excluding steroid dienone is 2. The number of ether oxygens (including phenoxy) is 2. The highest BCUT2D eigenvalue weighted by Crippen LogP contribution is 2.78. The molecule has 2 saturated heterocycles. The van der Waals surface area contributed by atoms with Crippen LogP contribution in [0.5, 0.6) is 0 Å². The SMILES string of the molecule is CC(C)C(C)/C=C/[C@@H](C)[C@H]1CC[C@H]2C34C=CC5(CC6(O)OC6C[C@]5(C)[C@H]3CC[C@]12C)O4. The van der Waals surface area contributed by atoms with E-state index in [0.717, 1.165) is 12.3 Å². The first kappa shape index (κ1) is 20.9. The summed E-state index contributed by atoms with van der Waals surface area (Å²) < 4.78 is 12.9. The van der Waals surface area contributed by atoms with Gasteiger partial charge in [-0.2, -0.15) is 0 Å². The van der Waals surface area contributed by atoms with Gasteiger partial charge in [-0.1, -0.05) is 65.8 Å². The Balaban J connectivity index is 1.30. The molecule has 3 heteroatoms. The van der Waals surface area contributed by atoms with Crippen molar-refractivity contribution in [1.29, 1.82) is 0 Å². The molecule has 31 heavy (non-hydrogen) atoms. The standard InChI is InChI=1S/C28H42O3/c1-17(2)18(3)7-8-19(4)20-9-10-21-24(20,5)12-11-22-25(6)15-23-28(29,30-23)16-26(25)13-14-27(21,22)31-26/h7-8,13-14,17-23,29H,9-12,15-16H2,1-6H3/b8-7+/t18?,19-,20-,21-,22-,23?,24-,25-,26?,27?,28?/m1/s1. The predicted molar refractivity (Wildman–Crippen MR) is 122 cm³/mol. The number of epoxide rings is 1. The normalized spacial score (nSPS) is 58.2. The zero-order chi connectivity index (χ0) is 22.0. The number of hydrogen-bond acceptors (Lipinski definition) is 3. The van der Waals surface area contributed by atoms with Crippen molar-refractivity contribution < 1.29 is 14.6 Å². The fourth-order valence-electron chi connectivity index (χ4n) is 9.24. The van der Waals surface area contributed by atoms with Gasteiger partial charge in [0.05, 0.1) is 11.2 Å². The molecule has 1 N–H and O–H groups in total. The van der Waals surface area contributed by atoms with Crippen LogP contribution in [0.3, 0.4) is 0 Å². The molecule has 2 spiro atoms. The summed E-state index contributed by atoms with van der Waals surface area (Å²) in [5.41, 5.74) is -0.0383. The van der Waals surface area contributed by atoms with E-state index in [1.165, 1.54) is 25.7 Å². The van der Waals surface area contributed by atoms with Crippen LogP contribution in [0.4, 0.5) is 0 Å². The summed E-state index contributed by atoms with van der Waals surface area (Å²) in [6.45, 7) is 14.5. The van der Waals surface area contributed by atoms with Crippen molar-refractivity contribution in [3.63, 3.8) is 0 Å². The van der Waals surface area contributed by atoms with Gasteiger partial charge in [0.1, 0.15) is 6.10 Å².